The van der Waals surface area contributed by atoms with Crippen molar-refractivity contribution in [2.24, 2.45) is 5.92 Å². The van der Waals surface area contributed by atoms with Gasteiger partial charge in [0.05, 0.1) is 12.1 Å². The Bertz CT molecular complexity index is 147. The Balaban J connectivity index is 2.57. The highest BCUT2D eigenvalue weighted by atomic mass is 16.3. The fraction of sp³-hybridized carbons (Fsp3) is 0.857. The van der Waals surface area contributed by atoms with Gasteiger partial charge in [0.1, 0.15) is 5.78 Å². The van der Waals surface area contributed by atoms with Gasteiger partial charge in [0.15, 0.2) is 0 Å². The van der Waals surface area contributed by atoms with Gasteiger partial charge in [-0.2, -0.15) is 0 Å². The number of rotatable bonds is 1. The van der Waals surface area contributed by atoms with Crippen molar-refractivity contribution in [3.8, 4) is 0 Å². The molecule has 0 amide bonds. The van der Waals surface area contributed by atoms with Gasteiger partial charge in [-0.1, -0.05) is 6.92 Å². The number of hydrogen-bond acceptors (Lipinski definition) is 3. The summed E-state index contributed by atoms with van der Waals surface area (Å²) in [5.74, 6) is 0.228. The molecule has 0 aromatic carbocycles. The number of carbonyl (C=O) groups excluding carboxylic acids is 1. The van der Waals surface area contributed by atoms with Crippen LogP contribution in [0.25, 0.3) is 0 Å². The van der Waals surface area contributed by atoms with Crippen LogP contribution in [0.5, 0.6) is 0 Å². The Morgan fingerprint density at radius 2 is 2.30 bits per heavy atom. The molecular weight excluding hydrogens is 130 g/mol. The molecule has 3 unspecified atom stereocenters. The van der Waals surface area contributed by atoms with Gasteiger partial charge >= 0.3 is 0 Å². The van der Waals surface area contributed by atoms with Gasteiger partial charge in [0.25, 0.3) is 0 Å². The van der Waals surface area contributed by atoms with E-state index in [9.17, 15) is 9.90 Å². The van der Waals surface area contributed by atoms with Gasteiger partial charge in [-0.05, 0) is 12.8 Å². The molecule has 0 aliphatic carbocycles. The lowest BCUT2D eigenvalue weighted by Gasteiger charge is -2.12. The first kappa shape index (κ1) is 7.69. The Hall–Kier alpha value is -0.410. The first-order valence-electron chi connectivity index (χ1n) is 3.55. The second-order valence-electron chi connectivity index (χ2n) is 2.96. The van der Waals surface area contributed by atoms with E-state index in [4.69, 9.17) is 0 Å². The van der Waals surface area contributed by atoms with Crippen molar-refractivity contribution in [2.75, 3.05) is 6.54 Å². The van der Waals surface area contributed by atoms with Crippen molar-refractivity contribution in [3.63, 3.8) is 0 Å². The second kappa shape index (κ2) is 2.68. The Labute approximate surface area is 60.4 Å². The van der Waals surface area contributed by atoms with Crippen molar-refractivity contribution in [3.05, 3.63) is 0 Å². The molecule has 0 bridgehead atoms. The standard InChI is InChI=1S/C7H13NO2/c1-4-3-8-6(5(2)9)7(4)10/h4,6-8,10H,3H2,1-2H3. The summed E-state index contributed by atoms with van der Waals surface area (Å²) in [7, 11) is 0. The van der Waals surface area contributed by atoms with Crippen LogP contribution in [0, 0.1) is 5.92 Å². The highest BCUT2D eigenvalue weighted by Gasteiger charge is 2.33. The van der Waals surface area contributed by atoms with E-state index in [-0.39, 0.29) is 17.7 Å². The highest BCUT2D eigenvalue weighted by Crippen LogP contribution is 2.14. The molecule has 3 atom stereocenters. The molecule has 1 heterocycles. The minimum atomic E-state index is -0.488. The average Bonchev–Trinajstić information content (AvgIpc) is 2.14. The Kier molecular flexibility index (Phi) is 2.06. The fourth-order valence-corrected chi connectivity index (χ4v) is 1.27. The minimum absolute atomic E-state index is 0.0249. The maximum absolute atomic E-state index is 10.8. The molecule has 0 aromatic heterocycles. The highest BCUT2D eigenvalue weighted by molar-refractivity contribution is 5.82. The van der Waals surface area contributed by atoms with Gasteiger partial charge in [0.2, 0.25) is 0 Å². The van der Waals surface area contributed by atoms with Crippen LogP contribution in [-0.4, -0.2) is 29.6 Å². The van der Waals surface area contributed by atoms with Crippen molar-refractivity contribution in [1.82, 2.24) is 5.32 Å². The molecule has 58 valence electrons. The summed E-state index contributed by atoms with van der Waals surface area (Å²) in [5, 5.41) is 12.3. The Morgan fingerprint density at radius 3 is 2.50 bits per heavy atom. The molecule has 0 spiro atoms. The van der Waals surface area contributed by atoms with E-state index >= 15 is 0 Å². The number of ketones is 1. The summed E-state index contributed by atoms with van der Waals surface area (Å²) < 4.78 is 0. The second-order valence-corrected chi connectivity index (χ2v) is 2.96. The zero-order valence-corrected chi connectivity index (χ0v) is 6.29. The number of aliphatic hydroxyl groups is 1. The molecule has 10 heavy (non-hydrogen) atoms. The molecule has 2 N–H and O–H groups in total. The van der Waals surface area contributed by atoms with Crippen molar-refractivity contribution >= 4 is 5.78 Å². The number of Topliss-reactive ketones (excluding diaryl/α,β-unsaturated/α-hetero) is 1. The third-order valence-electron chi connectivity index (χ3n) is 2.02. The van der Waals surface area contributed by atoms with E-state index in [0.717, 1.165) is 6.54 Å². The fourth-order valence-electron chi connectivity index (χ4n) is 1.27. The summed E-state index contributed by atoms with van der Waals surface area (Å²) in [5.41, 5.74) is 0. The predicted molar refractivity (Wildman–Crippen MR) is 37.6 cm³/mol. The van der Waals surface area contributed by atoms with Crippen LogP contribution in [0.4, 0.5) is 0 Å². The van der Waals surface area contributed by atoms with Crippen LogP contribution in [0.3, 0.4) is 0 Å². The van der Waals surface area contributed by atoms with Gasteiger partial charge in [-0.25, -0.2) is 0 Å². The van der Waals surface area contributed by atoms with Gasteiger partial charge in [-0.15, -0.1) is 0 Å². The zero-order chi connectivity index (χ0) is 7.72. The smallest absolute Gasteiger partial charge is 0.149 e. The lowest BCUT2D eigenvalue weighted by Crippen LogP contribution is -2.37. The summed E-state index contributed by atoms with van der Waals surface area (Å²) in [6, 6.07) is -0.324. The van der Waals surface area contributed by atoms with Crippen LogP contribution in [0.2, 0.25) is 0 Å². The molecule has 3 nitrogen and oxygen atoms in total. The van der Waals surface area contributed by atoms with Crippen LogP contribution in [0.15, 0.2) is 0 Å². The predicted octanol–water partition coefficient (Wildman–Crippen LogP) is -0.456. The zero-order valence-electron chi connectivity index (χ0n) is 6.29. The molecular formula is C7H13NO2. The molecule has 1 fully saturated rings. The molecule has 1 aliphatic rings. The van der Waals surface area contributed by atoms with Crippen LogP contribution < -0.4 is 5.32 Å². The quantitative estimate of drug-likeness (QED) is 0.522. The minimum Gasteiger partial charge on any atom is -0.391 e. The van der Waals surface area contributed by atoms with E-state index in [1.54, 1.807) is 0 Å². The number of nitrogens with one attached hydrogen (secondary N) is 1. The monoisotopic (exact) mass is 143 g/mol. The van der Waals surface area contributed by atoms with E-state index in [1.165, 1.54) is 6.92 Å². The maximum Gasteiger partial charge on any atom is 0.149 e. The number of aliphatic hydroxyl groups excluding tert-OH is 1. The van der Waals surface area contributed by atoms with Gasteiger partial charge < -0.3 is 10.4 Å². The molecule has 0 saturated carbocycles. The van der Waals surface area contributed by atoms with Crippen molar-refractivity contribution < 1.29 is 9.90 Å². The first-order chi connectivity index (χ1) is 4.63. The summed E-state index contributed by atoms with van der Waals surface area (Å²) in [6.07, 6.45) is -0.488. The largest absolute Gasteiger partial charge is 0.391 e. The van der Waals surface area contributed by atoms with Gasteiger partial charge in [-0.3, -0.25) is 4.79 Å². The maximum atomic E-state index is 10.8. The topological polar surface area (TPSA) is 49.3 Å². The third-order valence-corrected chi connectivity index (χ3v) is 2.02. The van der Waals surface area contributed by atoms with E-state index in [0.29, 0.717) is 0 Å². The normalized spacial score (nSPS) is 40.1. The Morgan fingerprint density at radius 1 is 1.70 bits per heavy atom. The summed E-state index contributed by atoms with van der Waals surface area (Å²) in [4.78, 5) is 10.8. The first-order valence-corrected chi connectivity index (χ1v) is 3.55. The number of hydrogen-bond donors (Lipinski definition) is 2. The van der Waals surface area contributed by atoms with Crippen molar-refractivity contribution in [2.45, 2.75) is 26.0 Å². The van der Waals surface area contributed by atoms with Crippen molar-refractivity contribution in [1.29, 1.82) is 0 Å². The molecule has 0 radical (unpaired) electrons. The summed E-state index contributed by atoms with van der Waals surface area (Å²) in [6.45, 7) is 4.17. The van der Waals surface area contributed by atoms with E-state index < -0.39 is 6.10 Å². The molecule has 1 saturated heterocycles. The number of carbonyl (C=O) groups is 1. The van der Waals surface area contributed by atoms with Crippen LogP contribution in [-0.2, 0) is 4.79 Å². The molecule has 1 aliphatic heterocycles. The summed E-state index contributed by atoms with van der Waals surface area (Å²) >= 11 is 0. The SMILES string of the molecule is CC(=O)C1NCC(C)C1O. The molecule has 1 rings (SSSR count). The molecule has 0 aromatic rings. The van der Waals surface area contributed by atoms with Crippen LogP contribution >= 0.6 is 0 Å². The van der Waals surface area contributed by atoms with E-state index in [1.807, 2.05) is 6.92 Å². The van der Waals surface area contributed by atoms with Gasteiger partial charge in [0, 0.05) is 6.54 Å². The van der Waals surface area contributed by atoms with Crippen LogP contribution in [0.1, 0.15) is 13.8 Å². The molecule has 3 heteroatoms. The third kappa shape index (κ3) is 1.20. The average molecular weight is 143 g/mol. The lowest BCUT2D eigenvalue weighted by molar-refractivity contribution is -0.120. The van der Waals surface area contributed by atoms with E-state index in [2.05, 4.69) is 5.32 Å². The lowest BCUT2D eigenvalue weighted by atomic mass is 10.0.